The van der Waals surface area contributed by atoms with Crippen molar-refractivity contribution in [3.05, 3.63) is 29.3 Å². The Balaban J connectivity index is 2.68. The second-order valence-corrected chi connectivity index (χ2v) is 6.20. The average Bonchev–Trinajstić information content (AvgIpc) is 2.36. The quantitative estimate of drug-likeness (QED) is 0.758. The van der Waals surface area contributed by atoms with Crippen molar-refractivity contribution in [2.24, 2.45) is 11.8 Å². The minimum Gasteiger partial charge on any atom is -0.496 e. The Morgan fingerprint density at radius 1 is 1.11 bits per heavy atom. The zero-order valence-corrected chi connectivity index (χ0v) is 12.4. The van der Waals surface area contributed by atoms with Crippen LogP contribution >= 0.6 is 0 Å². The van der Waals surface area contributed by atoms with Gasteiger partial charge in [0.05, 0.1) is 7.11 Å². The summed E-state index contributed by atoms with van der Waals surface area (Å²) in [6, 6.07) is 6.55. The molecule has 1 aromatic rings. The lowest BCUT2D eigenvalue weighted by Crippen LogP contribution is -2.41. The SMILES string of the molecule is COc1cccc2c1C(C(C)C)(C(C)C)CCC2. The summed E-state index contributed by atoms with van der Waals surface area (Å²) in [6.45, 7) is 9.45. The molecular weight excluding hydrogens is 220 g/mol. The Hall–Kier alpha value is -0.980. The first kappa shape index (κ1) is 13.5. The summed E-state index contributed by atoms with van der Waals surface area (Å²) < 4.78 is 5.67. The molecule has 1 aliphatic rings. The molecule has 0 heterocycles. The van der Waals surface area contributed by atoms with Gasteiger partial charge in [-0.1, -0.05) is 39.8 Å². The molecule has 1 heteroatoms. The lowest BCUT2D eigenvalue weighted by atomic mass is 9.58. The molecule has 0 amide bonds. The minimum absolute atomic E-state index is 0.278. The average molecular weight is 246 g/mol. The first-order valence-corrected chi connectivity index (χ1v) is 7.20. The van der Waals surface area contributed by atoms with E-state index in [0.717, 1.165) is 5.75 Å². The Labute approximate surface area is 112 Å². The maximum atomic E-state index is 5.67. The predicted molar refractivity (Wildman–Crippen MR) is 77.3 cm³/mol. The summed E-state index contributed by atoms with van der Waals surface area (Å²) in [4.78, 5) is 0. The summed E-state index contributed by atoms with van der Waals surface area (Å²) >= 11 is 0. The predicted octanol–water partition coefficient (Wildman–Crippen LogP) is 4.58. The van der Waals surface area contributed by atoms with Gasteiger partial charge in [-0.15, -0.1) is 0 Å². The lowest BCUT2D eigenvalue weighted by Gasteiger charge is -2.46. The van der Waals surface area contributed by atoms with Crippen LogP contribution in [-0.4, -0.2) is 7.11 Å². The van der Waals surface area contributed by atoms with Crippen LogP contribution in [0.2, 0.25) is 0 Å². The van der Waals surface area contributed by atoms with Gasteiger partial charge in [-0.2, -0.15) is 0 Å². The second-order valence-electron chi connectivity index (χ2n) is 6.20. The molecule has 1 aromatic carbocycles. The fourth-order valence-corrected chi connectivity index (χ4v) is 4.00. The summed E-state index contributed by atoms with van der Waals surface area (Å²) in [5, 5.41) is 0. The summed E-state index contributed by atoms with van der Waals surface area (Å²) in [7, 11) is 1.80. The van der Waals surface area contributed by atoms with E-state index in [4.69, 9.17) is 4.74 Å². The molecule has 18 heavy (non-hydrogen) atoms. The van der Waals surface area contributed by atoms with Crippen LogP contribution in [0.1, 0.15) is 51.7 Å². The summed E-state index contributed by atoms with van der Waals surface area (Å²) in [5.41, 5.74) is 3.27. The van der Waals surface area contributed by atoms with Gasteiger partial charge < -0.3 is 4.74 Å². The number of benzene rings is 1. The van der Waals surface area contributed by atoms with E-state index in [0.29, 0.717) is 11.8 Å². The first-order valence-electron chi connectivity index (χ1n) is 7.20. The molecule has 0 spiro atoms. The number of methoxy groups -OCH3 is 1. The van der Waals surface area contributed by atoms with Crippen LogP contribution in [0.5, 0.6) is 5.75 Å². The van der Waals surface area contributed by atoms with Gasteiger partial charge in [0, 0.05) is 11.0 Å². The molecule has 0 aromatic heterocycles. The van der Waals surface area contributed by atoms with E-state index in [1.54, 1.807) is 7.11 Å². The number of hydrogen-bond acceptors (Lipinski definition) is 1. The number of aryl methyl sites for hydroxylation is 1. The number of fused-ring (bicyclic) bond motifs is 1. The molecule has 0 unspecified atom stereocenters. The third kappa shape index (κ3) is 1.84. The van der Waals surface area contributed by atoms with Crippen LogP contribution in [0.15, 0.2) is 18.2 Å². The van der Waals surface area contributed by atoms with Gasteiger partial charge >= 0.3 is 0 Å². The van der Waals surface area contributed by atoms with Crippen LogP contribution in [-0.2, 0) is 11.8 Å². The molecule has 0 saturated heterocycles. The van der Waals surface area contributed by atoms with Crippen LogP contribution in [0, 0.1) is 11.8 Å². The highest BCUT2D eigenvalue weighted by molar-refractivity contribution is 5.48. The molecule has 1 nitrogen and oxygen atoms in total. The second kappa shape index (κ2) is 4.95. The molecular formula is C17H26O. The van der Waals surface area contributed by atoms with Crippen molar-refractivity contribution in [3.8, 4) is 5.75 Å². The van der Waals surface area contributed by atoms with Gasteiger partial charge in [-0.3, -0.25) is 0 Å². The fraction of sp³-hybridized carbons (Fsp3) is 0.647. The van der Waals surface area contributed by atoms with Gasteiger partial charge in [0.15, 0.2) is 0 Å². The Morgan fingerprint density at radius 2 is 1.78 bits per heavy atom. The zero-order chi connectivity index (χ0) is 13.3. The molecule has 0 atom stereocenters. The highest BCUT2D eigenvalue weighted by Gasteiger charge is 2.43. The summed E-state index contributed by atoms with van der Waals surface area (Å²) in [6.07, 6.45) is 3.79. The van der Waals surface area contributed by atoms with Crippen molar-refractivity contribution in [1.29, 1.82) is 0 Å². The first-order chi connectivity index (χ1) is 8.54. The largest absolute Gasteiger partial charge is 0.496 e. The van der Waals surface area contributed by atoms with E-state index < -0.39 is 0 Å². The lowest BCUT2D eigenvalue weighted by molar-refractivity contribution is 0.179. The highest BCUT2D eigenvalue weighted by atomic mass is 16.5. The van der Waals surface area contributed by atoms with E-state index in [2.05, 4.69) is 45.9 Å². The number of hydrogen-bond donors (Lipinski definition) is 0. The van der Waals surface area contributed by atoms with Crippen LogP contribution in [0.3, 0.4) is 0 Å². The fourth-order valence-electron chi connectivity index (χ4n) is 4.00. The molecule has 1 aliphatic carbocycles. The minimum atomic E-state index is 0.278. The zero-order valence-electron chi connectivity index (χ0n) is 12.4. The molecule has 0 aliphatic heterocycles. The molecule has 0 N–H and O–H groups in total. The molecule has 2 rings (SSSR count). The van der Waals surface area contributed by atoms with Crippen molar-refractivity contribution in [2.75, 3.05) is 7.11 Å². The van der Waals surface area contributed by atoms with Crippen molar-refractivity contribution >= 4 is 0 Å². The van der Waals surface area contributed by atoms with Gasteiger partial charge in [-0.05, 0) is 42.7 Å². The maximum absolute atomic E-state index is 5.67. The Bertz CT molecular complexity index is 395. The monoisotopic (exact) mass is 246 g/mol. The Kier molecular flexibility index (Phi) is 3.70. The third-order valence-electron chi connectivity index (χ3n) is 4.89. The van der Waals surface area contributed by atoms with Crippen molar-refractivity contribution in [2.45, 2.75) is 52.4 Å². The van der Waals surface area contributed by atoms with Gasteiger partial charge in [0.25, 0.3) is 0 Å². The van der Waals surface area contributed by atoms with Gasteiger partial charge in [-0.25, -0.2) is 0 Å². The van der Waals surface area contributed by atoms with Crippen molar-refractivity contribution < 1.29 is 4.74 Å². The van der Waals surface area contributed by atoms with Gasteiger partial charge in [0.1, 0.15) is 5.75 Å². The normalized spacial score (nSPS) is 17.9. The maximum Gasteiger partial charge on any atom is 0.122 e. The molecule has 0 bridgehead atoms. The third-order valence-corrected chi connectivity index (χ3v) is 4.89. The van der Waals surface area contributed by atoms with Crippen molar-refractivity contribution in [1.82, 2.24) is 0 Å². The van der Waals surface area contributed by atoms with Gasteiger partial charge in [0.2, 0.25) is 0 Å². The van der Waals surface area contributed by atoms with E-state index in [1.807, 2.05) is 0 Å². The van der Waals surface area contributed by atoms with Crippen LogP contribution in [0.4, 0.5) is 0 Å². The highest BCUT2D eigenvalue weighted by Crippen LogP contribution is 2.51. The van der Waals surface area contributed by atoms with E-state index >= 15 is 0 Å². The number of ether oxygens (including phenoxy) is 1. The van der Waals surface area contributed by atoms with Crippen LogP contribution < -0.4 is 4.74 Å². The van der Waals surface area contributed by atoms with E-state index in [-0.39, 0.29) is 5.41 Å². The van der Waals surface area contributed by atoms with Crippen LogP contribution in [0.25, 0.3) is 0 Å². The smallest absolute Gasteiger partial charge is 0.122 e. The van der Waals surface area contributed by atoms with E-state index in [1.165, 1.54) is 30.4 Å². The molecule has 100 valence electrons. The molecule has 0 radical (unpaired) electrons. The molecule has 0 fully saturated rings. The standard InChI is InChI=1S/C17H26O/c1-12(2)17(13(3)4)11-7-9-14-8-6-10-15(18-5)16(14)17/h6,8,10,12-13H,7,9,11H2,1-5H3. The molecule has 0 saturated carbocycles. The van der Waals surface area contributed by atoms with E-state index in [9.17, 15) is 0 Å². The summed E-state index contributed by atoms with van der Waals surface area (Å²) in [5.74, 6) is 2.38. The topological polar surface area (TPSA) is 9.23 Å². The van der Waals surface area contributed by atoms with Crippen molar-refractivity contribution in [3.63, 3.8) is 0 Å². The Morgan fingerprint density at radius 3 is 2.33 bits per heavy atom. The number of rotatable bonds is 3.